The van der Waals surface area contributed by atoms with Crippen LogP contribution < -0.4 is 10.6 Å². The van der Waals surface area contributed by atoms with Crippen molar-refractivity contribution < 1.29 is 14.0 Å². The van der Waals surface area contributed by atoms with E-state index in [9.17, 15) is 14.0 Å². The normalized spacial score (nSPS) is 24.1. The Kier molecular flexibility index (Phi) is 5.91. The quantitative estimate of drug-likeness (QED) is 0.863. The highest BCUT2D eigenvalue weighted by Crippen LogP contribution is 2.27. The average Bonchev–Trinajstić information content (AvgIpc) is 2.97. The van der Waals surface area contributed by atoms with Crippen LogP contribution in [0.3, 0.4) is 0 Å². The topological polar surface area (TPSA) is 61.4 Å². The third-order valence-electron chi connectivity index (χ3n) is 5.67. The van der Waals surface area contributed by atoms with E-state index in [1.54, 1.807) is 12.1 Å². The first-order chi connectivity index (χ1) is 12.5. The number of carbonyl (C=O) groups is 2. The van der Waals surface area contributed by atoms with E-state index in [-0.39, 0.29) is 17.4 Å². The molecule has 0 radical (unpaired) electrons. The monoisotopic (exact) mass is 361 g/mol. The zero-order chi connectivity index (χ0) is 18.7. The van der Waals surface area contributed by atoms with Crippen molar-refractivity contribution in [2.75, 3.05) is 26.2 Å². The number of likely N-dealkylation sites (tertiary alicyclic amines) is 1. The molecule has 6 heteroatoms. The summed E-state index contributed by atoms with van der Waals surface area (Å²) in [4.78, 5) is 27.4. The molecule has 3 atom stereocenters. The van der Waals surface area contributed by atoms with E-state index in [0.29, 0.717) is 11.8 Å². The van der Waals surface area contributed by atoms with Gasteiger partial charge in [-0.3, -0.25) is 9.59 Å². The highest BCUT2D eigenvalue weighted by Gasteiger charge is 2.35. The predicted octanol–water partition coefficient (Wildman–Crippen LogP) is 2.04. The molecule has 1 aromatic carbocycles. The van der Waals surface area contributed by atoms with Crippen molar-refractivity contribution in [2.24, 2.45) is 17.8 Å². The third kappa shape index (κ3) is 4.06. The maximum atomic E-state index is 13.9. The third-order valence-corrected chi connectivity index (χ3v) is 5.67. The molecule has 2 aliphatic rings. The fourth-order valence-electron chi connectivity index (χ4n) is 4.01. The molecular weight excluding hydrogens is 333 g/mol. The molecule has 0 bridgehead atoms. The fraction of sp³-hybridized carbons (Fsp3) is 0.600. The standard InChI is InChI=1S/C20H28FN3O2/c1-13(2)18(23-19(25)16-5-3-4-6-17(16)21)20(26)24-9-7-14-11-22-12-15(14)8-10-24/h3-6,13-15,18,22H,7-12H2,1-2H3,(H,23,25)/t14-,15+,18?. The van der Waals surface area contributed by atoms with Gasteiger partial charge in [0, 0.05) is 13.1 Å². The van der Waals surface area contributed by atoms with E-state index < -0.39 is 17.8 Å². The first-order valence-corrected chi connectivity index (χ1v) is 9.52. The van der Waals surface area contributed by atoms with E-state index in [0.717, 1.165) is 39.0 Å². The van der Waals surface area contributed by atoms with Gasteiger partial charge < -0.3 is 15.5 Å². The summed E-state index contributed by atoms with van der Waals surface area (Å²) >= 11 is 0. The van der Waals surface area contributed by atoms with Gasteiger partial charge in [-0.2, -0.15) is 0 Å². The highest BCUT2D eigenvalue weighted by atomic mass is 19.1. The number of benzene rings is 1. The molecule has 0 aromatic heterocycles. The van der Waals surface area contributed by atoms with Gasteiger partial charge >= 0.3 is 0 Å². The largest absolute Gasteiger partial charge is 0.341 e. The van der Waals surface area contributed by atoms with Crippen molar-refractivity contribution >= 4 is 11.8 Å². The average molecular weight is 361 g/mol. The Balaban J connectivity index is 1.68. The van der Waals surface area contributed by atoms with Gasteiger partial charge in [-0.25, -0.2) is 4.39 Å². The maximum absolute atomic E-state index is 13.9. The van der Waals surface area contributed by atoms with Crippen molar-refractivity contribution in [1.29, 1.82) is 0 Å². The van der Waals surface area contributed by atoms with Gasteiger partial charge in [-0.1, -0.05) is 26.0 Å². The summed E-state index contributed by atoms with van der Waals surface area (Å²) in [5.41, 5.74) is -0.0255. The van der Waals surface area contributed by atoms with Gasteiger partial charge in [-0.05, 0) is 55.8 Å². The second-order valence-corrected chi connectivity index (χ2v) is 7.76. The van der Waals surface area contributed by atoms with Crippen molar-refractivity contribution in [3.05, 3.63) is 35.6 Å². The van der Waals surface area contributed by atoms with Crippen molar-refractivity contribution in [2.45, 2.75) is 32.7 Å². The van der Waals surface area contributed by atoms with E-state index in [4.69, 9.17) is 0 Å². The Labute approximate surface area is 154 Å². The van der Waals surface area contributed by atoms with Crippen LogP contribution in [0, 0.1) is 23.6 Å². The highest BCUT2D eigenvalue weighted by molar-refractivity contribution is 5.97. The molecule has 142 valence electrons. The summed E-state index contributed by atoms with van der Waals surface area (Å²) in [7, 11) is 0. The minimum absolute atomic E-state index is 0.0255. The van der Waals surface area contributed by atoms with Crippen LogP contribution >= 0.6 is 0 Å². The van der Waals surface area contributed by atoms with Crippen molar-refractivity contribution in [3.63, 3.8) is 0 Å². The van der Waals surface area contributed by atoms with Crippen LogP contribution in [0.25, 0.3) is 0 Å². The van der Waals surface area contributed by atoms with E-state index in [2.05, 4.69) is 10.6 Å². The van der Waals surface area contributed by atoms with Gasteiger partial charge in [0.05, 0.1) is 5.56 Å². The number of nitrogens with zero attached hydrogens (tertiary/aromatic N) is 1. The van der Waals surface area contributed by atoms with Gasteiger partial charge in [0.25, 0.3) is 5.91 Å². The second-order valence-electron chi connectivity index (χ2n) is 7.76. The number of nitrogens with one attached hydrogen (secondary N) is 2. The van der Waals surface area contributed by atoms with Gasteiger partial charge in [0.2, 0.25) is 5.91 Å². The minimum Gasteiger partial charge on any atom is -0.341 e. The summed E-state index contributed by atoms with van der Waals surface area (Å²) in [5, 5.41) is 6.19. The van der Waals surface area contributed by atoms with Crippen LogP contribution in [0.1, 0.15) is 37.0 Å². The molecule has 5 nitrogen and oxygen atoms in total. The Morgan fingerprint density at radius 1 is 1.15 bits per heavy atom. The second kappa shape index (κ2) is 8.16. The van der Waals surface area contributed by atoms with Crippen LogP contribution in [-0.4, -0.2) is 48.9 Å². The van der Waals surface area contributed by atoms with Crippen LogP contribution in [0.15, 0.2) is 24.3 Å². The van der Waals surface area contributed by atoms with Crippen LogP contribution in [0.2, 0.25) is 0 Å². The Hall–Kier alpha value is -1.95. The maximum Gasteiger partial charge on any atom is 0.254 e. The molecule has 0 saturated carbocycles. The SMILES string of the molecule is CC(C)C(NC(=O)c1ccccc1F)C(=O)N1CC[C@@H]2CNC[C@@H]2CC1. The van der Waals surface area contributed by atoms with Crippen LogP contribution in [0.4, 0.5) is 4.39 Å². The number of rotatable bonds is 4. The van der Waals surface area contributed by atoms with Gasteiger partial charge in [0.1, 0.15) is 11.9 Å². The zero-order valence-electron chi connectivity index (χ0n) is 15.5. The summed E-state index contributed by atoms with van der Waals surface area (Å²) in [5.74, 6) is 0.0398. The van der Waals surface area contributed by atoms with Crippen molar-refractivity contribution in [1.82, 2.24) is 15.5 Å². The number of halogens is 1. The number of amides is 2. The molecule has 1 unspecified atom stereocenters. The minimum atomic E-state index is -0.641. The Bertz CT molecular complexity index is 650. The lowest BCUT2D eigenvalue weighted by Crippen LogP contribution is -2.51. The lowest BCUT2D eigenvalue weighted by molar-refractivity contribution is -0.134. The first kappa shape index (κ1) is 18.8. The van der Waals surface area contributed by atoms with Gasteiger partial charge in [0.15, 0.2) is 0 Å². The van der Waals surface area contributed by atoms with E-state index in [1.807, 2.05) is 18.7 Å². The lowest BCUT2D eigenvalue weighted by Gasteiger charge is -2.29. The van der Waals surface area contributed by atoms with Gasteiger partial charge in [-0.15, -0.1) is 0 Å². The summed E-state index contributed by atoms with van der Waals surface area (Å²) in [6, 6.07) is 5.21. The smallest absolute Gasteiger partial charge is 0.254 e. The van der Waals surface area contributed by atoms with Crippen molar-refractivity contribution in [3.8, 4) is 0 Å². The molecular formula is C20H28FN3O2. The van der Waals surface area contributed by atoms with E-state index in [1.165, 1.54) is 12.1 Å². The molecule has 0 aliphatic carbocycles. The number of carbonyl (C=O) groups excluding carboxylic acids is 2. The predicted molar refractivity (Wildman–Crippen MR) is 98.2 cm³/mol. The molecule has 2 aliphatic heterocycles. The summed E-state index contributed by atoms with van der Waals surface area (Å²) < 4.78 is 13.9. The number of hydrogen-bond donors (Lipinski definition) is 2. The molecule has 2 fully saturated rings. The first-order valence-electron chi connectivity index (χ1n) is 9.52. The lowest BCUT2D eigenvalue weighted by atomic mass is 9.92. The Morgan fingerprint density at radius 2 is 1.77 bits per heavy atom. The fourth-order valence-corrected chi connectivity index (χ4v) is 4.01. The number of hydrogen-bond acceptors (Lipinski definition) is 3. The van der Waals surface area contributed by atoms with Crippen LogP contribution in [0.5, 0.6) is 0 Å². The molecule has 2 N–H and O–H groups in total. The Morgan fingerprint density at radius 3 is 2.35 bits per heavy atom. The van der Waals surface area contributed by atoms with Crippen LogP contribution in [-0.2, 0) is 4.79 Å². The zero-order valence-corrected chi connectivity index (χ0v) is 15.5. The molecule has 26 heavy (non-hydrogen) atoms. The number of fused-ring (bicyclic) bond motifs is 1. The molecule has 2 heterocycles. The molecule has 1 aromatic rings. The summed E-state index contributed by atoms with van der Waals surface area (Å²) in [6.07, 6.45) is 1.99. The van der Waals surface area contributed by atoms with E-state index >= 15 is 0 Å². The molecule has 2 amide bonds. The summed E-state index contributed by atoms with van der Waals surface area (Å²) in [6.45, 7) is 7.32. The molecule has 2 saturated heterocycles. The molecule has 0 spiro atoms. The molecule has 3 rings (SSSR count).